The number of anilines is 2. The fraction of sp³-hybridized carbons (Fsp3) is 0.381. The highest BCUT2D eigenvalue weighted by atomic mass is 15.3. The molecular formula is C21H27N7. The number of nitrogen functional groups attached to an aromatic ring is 1. The summed E-state index contributed by atoms with van der Waals surface area (Å²) in [5.41, 5.74) is 9.04. The van der Waals surface area contributed by atoms with Crippen LogP contribution >= 0.6 is 0 Å². The average Bonchev–Trinajstić information content (AvgIpc) is 3.17. The van der Waals surface area contributed by atoms with Gasteiger partial charge in [0.25, 0.3) is 0 Å². The standard InChI is InChI=1S/C21H27N7/c1-16-13-20(26-21(22)25-16)27-11-8-18(9-12-27)23-10-7-17-14-24-28(15-17)19-5-3-2-4-6-19/h2-6,13-15,18,23H,7-12H2,1H3,(H2,22,25,26). The number of para-hydroxylation sites is 1. The van der Waals surface area contributed by atoms with Crippen molar-refractivity contribution < 1.29 is 0 Å². The summed E-state index contributed by atoms with van der Waals surface area (Å²) >= 11 is 0. The van der Waals surface area contributed by atoms with E-state index in [1.165, 1.54) is 5.56 Å². The quantitative estimate of drug-likeness (QED) is 0.686. The van der Waals surface area contributed by atoms with Gasteiger partial charge in [0.05, 0.1) is 11.9 Å². The van der Waals surface area contributed by atoms with Crippen molar-refractivity contribution in [2.45, 2.75) is 32.2 Å². The van der Waals surface area contributed by atoms with Crippen molar-refractivity contribution in [3.8, 4) is 5.69 Å². The van der Waals surface area contributed by atoms with Crippen LogP contribution in [0.15, 0.2) is 48.8 Å². The summed E-state index contributed by atoms with van der Waals surface area (Å²) in [5, 5.41) is 8.16. The fourth-order valence-corrected chi connectivity index (χ4v) is 3.68. The van der Waals surface area contributed by atoms with Gasteiger partial charge in [-0.15, -0.1) is 0 Å². The number of nitrogens with zero attached hydrogens (tertiary/aromatic N) is 5. The Bertz CT molecular complexity index is 878. The summed E-state index contributed by atoms with van der Waals surface area (Å²) < 4.78 is 1.93. The largest absolute Gasteiger partial charge is 0.368 e. The molecule has 0 bridgehead atoms. The third-order valence-electron chi connectivity index (χ3n) is 5.18. The van der Waals surface area contributed by atoms with E-state index in [9.17, 15) is 0 Å². The van der Waals surface area contributed by atoms with Gasteiger partial charge in [-0.3, -0.25) is 0 Å². The van der Waals surface area contributed by atoms with Crippen molar-refractivity contribution >= 4 is 11.8 Å². The van der Waals surface area contributed by atoms with E-state index in [4.69, 9.17) is 5.73 Å². The van der Waals surface area contributed by atoms with Crippen LogP contribution in [-0.4, -0.2) is 45.4 Å². The summed E-state index contributed by atoms with van der Waals surface area (Å²) in [6.45, 7) is 4.89. The van der Waals surface area contributed by atoms with Gasteiger partial charge in [-0.1, -0.05) is 18.2 Å². The van der Waals surface area contributed by atoms with Crippen LogP contribution in [0.1, 0.15) is 24.1 Å². The molecule has 2 aromatic heterocycles. The van der Waals surface area contributed by atoms with Crippen LogP contribution in [-0.2, 0) is 6.42 Å². The molecule has 1 saturated heterocycles. The Morgan fingerprint density at radius 3 is 2.68 bits per heavy atom. The Hall–Kier alpha value is -2.93. The molecule has 3 N–H and O–H groups in total. The second-order valence-corrected chi connectivity index (χ2v) is 7.32. The molecule has 7 heteroatoms. The highest BCUT2D eigenvalue weighted by Gasteiger charge is 2.20. The number of rotatable bonds is 6. The van der Waals surface area contributed by atoms with Crippen molar-refractivity contribution in [2.75, 3.05) is 30.3 Å². The average molecular weight is 377 g/mol. The lowest BCUT2D eigenvalue weighted by molar-refractivity contribution is 0.416. The minimum absolute atomic E-state index is 0.353. The Morgan fingerprint density at radius 1 is 1.14 bits per heavy atom. The van der Waals surface area contributed by atoms with Crippen molar-refractivity contribution in [3.63, 3.8) is 0 Å². The molecular weight excluding hydrogens is 350 g/mol. The zero-order valence-electron chi connectivity index (χ0n) is 16.3. The first kappa shape index (κ1) is 18.4. The molecule has 28 heavy (non-hydrogen) atoms. The maximum absolute atomic E-state index is 5.79. The maximum atomic E-state index is 5.79. The Morgan fingerprint density at radius 2 is 1.93 bits per heavy atom. The molecule has 3 aromatic rings. The minimum Gasteiger partial charge on any atom is -0.368 e. The number of nitrogens with one attached hydrogen (secondary N) is 1. The zero-order chi connectivity index (χ0) is 19.3. The molecule has 1 aliphatic rings. The van der Waals surface area contributed by atoms with Gasteiger partial charge < -0.3 is 16.0 Å². The van der Waals surface area contributed by atoms with Gasteiger partial charge in [0.15, 0.2) is 0 Å². The lowest BCUT2D eigenvalue weighted by Crippen LogP contribution is -2.43. The van der Waals surface area contributed by atoms with E-state index in [1.807, 2.05) is 42.1 Å². The van der Waals surface area contributed by atoms with Crippen LogP contribution < -0.4 is 16.0 Å². The highest BCUT2D eigenvalue weighted by molar-refractivity contribution is 5.43. The molecule has 0 radical (unpaired) electrons. The van der Waals surface area contributed by atoms with Crippen LogP contribution in [0.2, 0.25) is 0 Å². The molecule has 1 aliphatic heterocycles. The van der Waals surface area contributed by atoms with E-state index in [0.717, 1.165) is 56.1 Å². The topological polar surface area (TPSA) is 84.9 Å². The lowest BCUT2D eigenvalue weighted by atomic mass is 10.0. The van der Waals surface area contributed by atoms with Crippen molar-refractivity contribution in [1.82, 2.24) is 25.1 Å². The SMILES string of the molecule is Cc1cc(N2CCC(NCCc3cnn(-c4ccccc4)c3)CC2)nc(N)n1. The molecule has 0 spiro atoms. The van der Waals surface area contributed by atoms with Crippen molar-refractivity contribution in [2.24, 2.45) is 0 Å². The van der Waals surface area contributed by atoms with Gasteiger partial charge in [-0.2, -0.15) is 10.1 Å². The first-order chi connectivity index (χ1) is 13.7. The Kier molecular flexibility index (Phi) is 5.53. The third-order valence-corrected chi connectivity index (χ3v) is 5.18. The van der Waals surface area contributed by atoms with E-state index < -0.39 is 0 Å². The third kappa shape index (κ3) is 4.48. The number of hydrogen-bond acceptors (Lipinski definition) is 6. The number of hydrogen-bond donors (Lipinski definition) is 2. The Labute approximate surface area is 165 Å². The molecule has 0 saturated carbocycles. The van der Waals surface area contributed by atoms with Crippen LogP contribution in [0.4, 0.5) is 11.8 Å². The molecule has 7 nitrogen and oxygen atoms in total. The van der Waals surface area contributed by atoms with Gasteiger partial charge >= 0.3 is 0 Å². The maximum Gasteiger partial charge on any atom is 0.222 e. The summed E-state index contributed by atoms with van der Waals surface area (Å²) in [5.74, 6) is 1.29. The van der Waals surface area contributed by atoms with Crippen molar-refractivity contribution in [3.05, 3.63) is 60.0 Å². The van der Waals surface area contributed by atoms with Crippen molar-refractivity contribution in [1.29, 1.82) is 0 Å². The van der Waals surface area contributed by atoms with E-state index in [-0.39, 0.29) is 0 Å². The molecule has 0 atom stereocenters. The number of piperidine rings is 1. The van der Waals surface area contributed by atoms with Crippen LogP contribution in [0.25, 0.3) is 5.69 Å². The molecule has 0 amide bonds. The number of benzene rings is 1. The molecule has 3 heterocycles. The molecule has 0 unspecified atom stereocenters. The smallest absolute Gasteiger partial charge is 0.222 e. The molecule has 1 aromatic carbocycles. The second kappa shape index (κ2) is 8.39. The van der Waals surface area contributed by atoms with E-state index in [2.05, 4.69) is 43.6 Å². The number of nitrogens with two attached hydrogens (primary N) is 1. The monoisotopic (exact) mass is 377 g/mol. The normalized spacial score (nSPS) is 15.1. The van der Waals surface area contributed by atoms with Crippen LogP contribution in [0.3, 0.4) is 0 Å². The van der Waals surface area contributed by atoms with Gasteiger partial charge in [0, 0.05) is 37.1 Å². The minimum atomic E-state index is 0.353. The summed E-state index contributed by atoms with van der Waals surface area (Å²) in [6, 6.07) is 12.8. The van der Waals surface area contributed by atoms with E-state index in [0.29, 0.717) is 12.0 Å². The van der Waals surface area contributed by atoms with E-state index >= 15 is 0 Å². The fourth-order valence-electron chi connectivity index (χ4n) is 3.68. The Balaban J connectivity index is 1.23. The first-order valence-electron chi connectivity index (χ1n) is 9.86. The predicted molar refractivity (Wildman–Crippen MR) is 112 cm³/mol. The van der Waals surface area contributed by atoms with Gasteiger partial charge in [0.1, 0.15) is 5.82 Å². The second-order valence-electron chi connectivity index (χ2n) is 7.32. The molecule has 4 rings (SSSR count). The number of aryl methyl sites for hydroxylation is 1. The summed E-state index contributed by atoms with van der Waals surface area (Å²) in [4.78, 5) is 10.8. The first-order valence-corrected chi connectivity index (χ1v) is 9.86. The predicted octanol–water partition coefficient (Wildman–Crippen LogP) is 2.35. The van der Waals surface area contributed by atoms with Gasteiger partial charge in [-0.05, 0) is 50.4 Å². The number of aromatic nitrogens is 4. The summed E-state index contributed by atoms with van der Waals surface area (Å²) in [6.07, 6.45) is 7.26. The van der Waals surface area contributed by atoms with Crippen LogP contribution in [0.5, 0.6) is 0 Å². The van der Waals surface area contributed by atoms with E-state index in [1.54, 1.807) is 0 Å². The molecule has 1 fully saturated rings. The zero-order valence-corrected chi connectivity index (χ0v) is 16.3. The van der Waals surface area contributed by atoms with Gasteiger partial charge in [-0.25, -0.2) is 9.67 Å². The lowest BCUT2D eigenvalue weighted by Gasteiger charge is -2.33. The molecule has 146 valence electrons. The highest BCUT2D eigenvalue weighted by Crippen LogP contribution is 2.19. The van der Waals surface area contributed by atoms with Crippen LogP contribution in [0, 0.1) is 6.92 Å². The molecule has 0 aliphatic carbocycles. The van der Waals surface area contributed by atoms with Gasteiger partial charge in [0.2, 0.25) is 5.95 Å². The summed E-state index contributed by atoms with van der Waals surface area (Å²) in [7, 11) is 0.